The first-order valence-corrected chi connectivity index (χ1v) is 9.86. The molecule has 0 aliphatic heterocycles. The zero-order valence-electron chi connectivity index (χ0n) is 15.1. The molecule has 0 saturated carbocycles. The minimum atomic E-state index is -3.68. The van der Waals surface area contributed by atoms with E-state index in [0.29, 0.717) is 11.4 Å². The smallest absolute Gasteiger partial charge is 0.248 e. The molecule has 0 aliphatic rings. The fraction of sp³-hybridized carbons (Fsp3) is 0.0476. The van der Waals surface area contributed by atoms with Crippen molar-refractivity contribution in [3.05, 3.63) is 84.7 Å². The van der Waals surface area contributed by atoms with E-state index in [1.807, 2.05) is 6.07 Å². The van der Waals surface area contributed by atoms with Crippen LogP contribution < -0.4 is 10.1 Å². The van der Waals surface area contributed by atoms with Gasteiger partial charge in [-0.2, -0.15) is 0 Å². The van der Waals surface area contributed by atoms with E-state index in [1.54, 1.807) is 48.8 Å². The van der Waals surface area contributed by atoms with Gasteiger partial charge in [0.1, 0.15) is 5.75 Å². The highest BCUT2D eigenvalue weighted by Gasteiger charge is 2.18. The molecular weight excluding hydrogens is 376 g/mol. The molecule has 0 radical (unpaired) electrons. The summed E-state index contributed by atoms with van der Waals surface area (Å²) in [5, 5.41) is 2.69. The number of rotatable bonds is 6. The van der Waals surface area contributed by atoms with Crippen molar-refractivity contribution in [2.75, 3.05) is 12.4 Å². The van der Waals surface area contributed by atoms with Gasteiger partial charge in [0.05, 0.1) is 16.9 Å². The Morgan fingerprint density at radius 3 is 2.50 bits per heavy atom. The maximum atomic E-state index is 12.7. The fourth-order valence-electron chi connectivity index (χ4n) is 2.45. The van der Waals surface area contributed by atoms with E-state index in [-0.39, 0.29) is 15.7 Å². The third-order valence-corrected chi connectivity index (χ3v) is 5.66. The number of carbonyl (C=O) groups is 1. The van der Waals surface area contributed by atoms with E-state index in [4.69, 9.17) is 4.74 Å². The van der Waals surface area contributed by atoms with Gasteiger partial charge in [0.2, 0.25) is 15.7 Å². The van der Waals surface area contributed by atoms with Crippen molar-refractivity contribution in [1.29, 1.82) is 0 Å². The maximum absolute atomic E-state index is 12.7. The molecule has 0 spiro atoms. The Morgan fingerprint density at radius 2 is 1.82 bits per heavy atom. The van der Waals surface area contributed by atoms with Crippen LogP contribution in [-0.4, -0.2) is 26.4 Å². The van der Waals surface area contributed by atoms with Gasteiger partial charge in [-0.3, -0.25) is 9.78 Å². The van der Waals surface area contributed by atoms with Crippen LogP contribution >= 0.6 is 0 Å². The van der Waals surface area contributed by atoms with Crippen molar-refractivity contribution in [2.24, 2.45) is 0 Å². The van der Waals surface area contributed by atoms with E-state index >= 15 is 0 Å². The van der Waals surface area contributed by atoms with Gasteiger partial charge < -0.3 is 10.1 Å². The summed E-state index contributed by atoms with van der Waals surface area (Å²) in [6.07, 6.45) is 6.32. The molecule has 0 atom stereocenters. The Labute approximate surface area is 163 Å². The summed E-state index contributed by atoms with van der Waals surface area (Å²) in [5.74, 6) is 0.137. The van der Waals surface area contributed by atoms with Gasteiger partial charge in [0.25, 0.3) is 0 Å². The molecular formula is C21H18N2O4S. The van der Waals surface area contributed by atoms with Gasteiger partial charge in [-0.1, -0.05) is 12.1 Å². The molecule has 1 heterocycles. The van der Waals surface area contributed by atoms with Crippen molar-refractivity contribution in [1.82, 2.24) is 4.98 Å². The zero-order chi connectivity index (χ0) is 20.0. The number of nitrogens with one attached hydrogen (secondary N) is 1. The Morgan fingerprint density at radius 1 is 1.04 bits per heavy atom. The molecule has 7 heteroatoms. The van der Waals surface area contributed by atoms with Crippen molar-refractivity contribution >= 4 is 27.5 Å². The van der Waals surface area contributed by atoms with Crippen LogP contribution in [0.2, 0.25) is 0 Å². The average molecular weight is 394 g/mol. The highest BCUT2D eigenvalue weighted by molar-refractivity contribution is 7.91. The molecule has 1 aromatic heterocycles. The van der Waals surface area contributed by atoms with E-state index in [2.05, 4.69) is 10.3 Å². The van der Waals surface area contributed by atoms with Crippen LogP contribution in [-0.2, 0) is 14.6 Å². The average Bonchev–Trinajstić information content (AvgIpc) is 2.73. The molecule has 1 N–H and O–H groups in total. The molecule has 0 fully saturated rings. The first kappa shape index (κ1) is 19.3. The number of aromatic nitrogens is 1. The summed E-state index contributed by atoms with van der Waals surface area (Å²) in [6, 6.07) is 15.9. The lowest BCUT2D eigenvalue weighted by molar-refractivity contribution is -0.111. The van der Waals surface area contributed by atoms with Crippen LogP contribution in [0.4, 0.5) is 5.69 Å². The van der Waals surface area contributed by atoms with Gasteiger partial charge >= 0.3 is 0 Å². The van der Waals surface area contributed by atoms with Crippen LogP contribution in [0.25, 0.3) is 6.08 Å². The maximum Gasteiger partial charge on any atom is 0.248 e. The Hall–Kier alpha value is -3.45. The number of pyridine rings is 1. The highest BCUT2D eigenvalue weighted by Crippen LogP contribution is 2.25. The molecule has 3 aromatic rings. The molecule has 0 unspecified atom stereocenters. The zero-order valence-corrected chi connectivity index (χ0v) is 15.9. The number of methoxy groups -OCH3 is 1. The number of hydrogen-bond donors (Lipinski definition) is 1. The lowest BCUT2D eigenvalue weighted by atomic mass is 10.2. The van der Waals surface area contributed by atoms with Crippen LogP contribution in [0.3, 0.4) is 0 Å². The van der Waals surface area contributed by atoms with Gasteiger partial charge in [0, 0.05) is 24.2 Å². The summed E-state index contributed by atoms with van der Waals surface area (Å²) >= 11 is 0. The largest absolute Gasteiger partial charge is 0.497 e. The molecule has 0 bridgehead atoms. The topological polar surface area (TPSA) is 85.4 Å². The molecule has 2 aromatic carbocycles. The molecule has 3 rings (SSSR count). The minimum Gasteiger partial charge on any atom is -0.497 e. The summed E-state index contributed by atoms with van der Waals surface area (Å²) in [5.41, 5.74) is 1.29. The number of nitrogens with zero attached hydrogens (tertiary/aromatic N) is 1. The quantitative estimate of drug-likeness (QED) is 0.646. The molecule has 1 amide bonds. The second kappa shape index (κ2) is 8.49. The van der Waals surface area contributed by atoms with Crippen molar-refractivity contribution in [2.45, 2.75) is 9.79 Å². The molecule has 28 heavy (non-hydrogen) atoms. The minimum absolute atomic E-state index is 0.129. The molecule has 142 valence electrons. The fourth-order valence-corrected chi connectivity index (χ4v) is 3.75. The summed E-state index contributed by atoms with van der Waals surface area (Å²) in [7, 11) is -2.20. The number of carbonyl (C=O) groups excluding carboxylic acids is 1. The third-order valence-electron chi connectivity index (χ3n) is 3.90. The number of anilines is 1. The number of sulfone groups is 1. The van der Waals surface area contributed by atoms with E-state index in [9.17, 15) is 13.2 Å². The van der Waals surface area contributed by atoms with Crippen molar-refractivity contribution in [3.63, 3.8) is 0 Å². The van der Waals surface area contributed by atoms with Crippen LogP contribution in [0, 0.1) is 0 Å². The first-order valence-electron chi connectivity index (χ1n) is 8.37. The van der Waals surface area contributed by atoms with Gasteiger partial charge in [-0.05, 0) is 60.2 Å². The summed E-state index contributed by atoms with van der Waals surface area (Å²) in [6.45, 7) is 0. The summed E-state index contributed by atoms with van der Waals surface area (Å²) in [4.78, 5) is 16.2. The van der Waals surface area contributed by atoms with E-state index in [1.165, 1.54) is 37.5 Å². The lowest BCUT2D eigenvalue weighted by Crippen LogP contribution is -2.08. The summed E-state index contributed by atoms with van der Waals surface area (Å²) < 4.78 is 30.6. The third kappa shape index (κ3) is 4.63. The molecule has 0 saturated heterocycles. The number of amides is 1. The van der Waals surface area contributed by atoms with Gasteiger partial charge in [0.15, 0.2) is 0 Å². The predicted molar refractivity (Wildman–Crippen MR) is 107 cm³/mol. The predicted octanol–water partition coefficient (Wildman–Crippen LogP) is 3.57. The normalized spacial score (nSPS) is 11.3. The Balaban J connectivity index is 1.72. The second-order valence-corrected chi connectivity index (χ2v) is 7.77. The van der Waals surface area contributed by atoms with Gasteiger partial charge in [-0.25, -0.2) is 8.42 Å². The standard InChI is InChI=1S/C21H18N2O4S/c1-27-18-5-2-6-20(14-18)28(25,26)19-10-8-17(9-11-19)23-21(24)12-7-16-4-3-13-22-15-16/h2-15H,1H3,(H,23,24). The molecule has 6 nitrogen and oxygen atoms in total. The highest BCUT2D eigenvalue weighted by atomic mass is 32.2. The van der Waals surface area contributed by atoms with Crippen molar-refractivity contribution < 1.29 is 17.9 Å². The Bertz CT molecular complexity index is 1090. The van der Waals surface area contributed by atoms with E-state index in [0.717, 1.165) is 5.56 Å². The van der Waals surface area contributed by atoms with Crippen LogP contribution in [0.5, 0.6) is 5.75 Å². The van der Waals surface area contributed by atoms with Crippen LogP contribution in [0.15, 0.2) is 88.9 Å². The lowest BCUT2D eigenvalue weighted by Gasteiger charge is -2.08. The van der Waals surface area contributed by atoms with E-state index < -0.39 is 9.84 Å². The second-order valence-electron chi connectivity index (χ2n) is 5.82. The first-order chi connectivity index (χ1) is 13.5. The van der Waals surface area contributed by atoms with Crippen molar-refractivity contribution in [3.8, 4) is 5.75 Å². The van der Waals surface area contributed by atoms with Crippen LogP contribution in [0.1, 0.15) is 5.56 Å². The Kier molecular flexibility index (Phi) is 5.86. The number of benzene rings is 2. The monoisotopic (exact) mass is 394 g/mol. The SMILES string of the molecule is COc1cccc(S(=O)(=O)c2ccc(NC(=O)C=Cc3cccnc3)cc2)c1. The molecule has 0 aliphatic carbocycles. The van der Waals surface area contributed by atoms with Gasteiger partial charge in [-0.15, -0.1) is 0 Å². The number of ether oxygens (including phenoxy) is 1. The number of hydrogen-bond acceptors (Lipinski definition) is 5.